The molecule has 2 atom stereocenters. The number of fused-ring (bicyclic) bond motifs is 4. The van der Waals surface area contributed by atoms with Crippen molar-refractivity contribution < 1.29 is 18.3 Å². The number of halogens is 2. The Kier molecular flexibility index (Phi) is 4.44. The molecule has 4 bridgehead atoms. The van der Waals surface area contributed by atoms with Crippen molar-refractivity contribution in [1.29, 1.82) is 0 Å². The minimum absolute atomic E-state index is 0.0412. The first-order chi connectivity index (χ1) is 16.6. The molecule has 0 radical (unpaired) electrons. The topological polar surface area (TPSA) is 84.4 Å². The highest BCUT2D eigenvalue weighted by molar-refractivity contribution is 5.88. The van der Waals surface area contributed by atoms with Gasteiger partial charge in [0.25, 0.3) is 0 Å². The van der Waals surface area contributed by atoms with E-state index in [4.69, 9.17) is 14.5 Å². The minimum Gasteiger partial charge on any atom is -0.487 e. The van der Waals surface area contributed by atoms with Gasteiger partial charge in [-0.3, -0.25) is 0 Å². The number of ether oxygens (including phenoxy) is 2. The monoisotopic (exact) mass is 466 g/mol. The lowest BCUT2D eigenvalue weighted by molar-refractivity contribution is -0.0367. The van der Waals surface area contributed by atoms with Crippen molar-refractivity contribution in [3.63, 3.8) is 0 Å². The molecule has 4 aliphatic heterocycles. The van der Waals surface area contributed by atoms with Crippen LogP contribution in [-0.4, -0.2) is 58.9 Å². The first-order valence-electron chi connectivity index (χ1n) is 11.7. The number of hydrogen-bond acceptors (Lipinski definition) is 8. The Morgan fingerprint density at radius 1 is 1.18 bits per heavy atom. The number of hydrogen-bond donors (Lipinski definition) is 2. The molecule has 8 nitrogen and oxygen atoms in total. The fraction of sp³-hybridized carbons (Fsp3) is 0.458. The van der Waals surface area contributed by atoms with Gasteiger partial charge in [0.15, 0.2) is 17.4 Å². The Hall–Kier alpha value is -3.11. The average Bonchev–Trinajstić information content (AvgIpc) is 3.63. The van der Waals surface area contributed by atoms with Gasteiger partial charge in [0.1, 0.15) is 29.9 Å². The molecular weight excluding hydrogens is 442 g/mol. The molecule has 2 aromatic heterocycles. The minimum atomic E-state index is -1.04. The Morgan fingerprint density at radius 3 is 2.85 bits per heavy atom. The summed E-state index contributed by atoms with van der Waals surface area (Å²) in [7, 11) is 0. The zero-order chi connectivity index (χ0) is 22.9. The van der Waals surface area contributed by atoms with Crippen molar-refractivity contribution in [3.8, 4) is 5.75 Å². The summed E-state index contributed by atoms with van der Waals surface area (Å²) < 4.78 is 41.1. The third kappa shape index (κ3) is 3.19. The van der Waals surface area contributed by atoms with E-state index in [9.17, 15) is 8.78 Å². The second kappa shape index (κ2) is 7.44. The third-order valence-electron chi connectivity index (χ3n) is 7.56. The van der Waals surface area contributed by atoms with Crippen LogP contribution in [0.1, 0.15) is 19.3 Å². The molecule has 34 heavy (non-hydrogen) atoms. The van der Waals surface area contributed by atoms with Gasteiger partial charge in [0, 0.05) is 25.2 Å². The van der Waals surface area contributed by atoms with Crippen LogP contribution >= 0.6 is 0 Å². The Bertz CT molecular complexity index is 1280. The van der Waals surface area contributed by atoms with Gasteiger partial charge in [-0.25, -0.2) is 19.3 Å². The van der Waals surface area contributed by atoms with E-state index in [-0.39, 0.29) is 23.6 Å². The highest BCUT2D eigenvalue weighted by Gasteiger charge is 2.52. The van der Waals surface area contributed by atoms with E-state index in [1.165, 1.54) is 18.5 Å². The summed E-state index contributed by atoms with van der Waals surface area (Å²) in [5, 5.41) is 6.39. The second-order valence-electron chi connectivity index (χ2n) is 9.83. The van der Waals surface area contributed by atoms with Crippen LogP contribution in [0, 0.1) is 17.6 Å². The Morgan fingerprint density at radius 2 is 2.09 bits per heavy atom. The fourth-order valence-corrected chi connectivity index (χ4v) is 5.78. The zero-order valence-corrected chi connectivity index (χ0v) is 18.4. The van der Waals surface area contributed by atoms with Gasteiger partial charge in [0.05, 0.1) is 17.8 Å². The molecule has 4 saturated heterocycles. The van der Waals surface area contributed by atoms with Gasteiger partial charge in [-0.15, -0.1) is 0 Å². The molecule has 1 saturated carbocycles. The summed E-state index contributed by atoms with van der Waals surface area (Å²) in [6.07, 6.45) is 4.32. The van der Waals surface area contributed by atoms with Crippen LogP contribution in [0.5, 0.6) is 5.75 Å². The maximum atomic E-state index is 15.0. The Balaban J connectivity index is 1.15. The zero-order valence-electron chi connectivity index (χ0n) is 18.4. The molecule has 1 aliphatic carbocycles. The molecule has 1 aromatic carbocycles. The van der Waals surface area contributed by atoms with Crippen molar-refractivity contribution in [1.82, 2.24) is 20.3 Å². The van der Waals surface area contributed by atoms with Crippen molar-refractivity contribution in [3.05, 3.63) is 42.2 Å². The predicted molar refractivity (Wildman–Crippen MR) is 121 cm³/mol. The number of nitrogens with zero attached hydrogens (tertiary/aromatic N) is 4. The summed E-state index contributed by atoms with van der Waals surface area (Å²) in [5.41, 5.74) is 0.756. The van der Waals surface area contributed by atoms with Crippen molar-refractivity contribution in [2.75, 3.05) is 36.5 Å². The molecule has 0 spiro atoms. The van der Waals surface area contributed by atoms with Crippen molar-refractivity contribution in [2.45, 2.75) is 36.9 Å². The van der Waals surface area contributed by atoms with Crippen LogP contribution in [0.15, 0.2) is 30.6 Å². The quantitative estimate of drug-likeness (QED) is 0.573. The standard InChI is InChI=1S/C24H24F2N6O2/c25-20-16(1-3-18(21(20)26)33-11-24-6-13(7-24)10-34-24)30-23-22-17(28-12-29-23)2-4-19(31-22)32-9-14-5-15(32)8-27-14/h1-4,12-15,27H,5-11H2,(H,28,29,30)/t13?,14-,15-,24?/m0/s1. The van der Waals surface area contributed by atoms with E-state index in [0.29, 0.717) is 34.9 Å². The molecule has 5 aliphatic rings. The highest BCUT2D eigenvalue weighted by Crippen LogP contribution is 2.48. The average molecular weight is 466 g/mol. The van der Waals surface area contributed by atoms with Crippen molar-refractivity contribution >= 4 is 28.4 Å². The smallest absolute Gasteiger partial charge is 0.202 e. The number of aromatic nitrogens is 3. The van der Waals surface area contributed by atoms with E-state index < -0.39 is 11.6 Å². The molecule has 10 heteroatoms. The van der Waals surface area contributed by atoms with Crippen LogP contribution < -0.4 is 20.3 Å². The number of nitrogens with one attached hydrogen (secondary N) is 2. The number of benzene rings is 1. The SMILES string of the molecule is Fc1c(Nc2ncnc3ccc(N4C[C@@H]5C[C@H]4CN5)nc23)ccc(OCC23CC(CO2)C3)c1F. The lowest BCUT2D eigenvalue weighted by Gasteiger charge is -2.35. The molecule has 6 heterocycles. The summed E-state index contributed by atoms with van der Waals surface area (Å²) >= 11 is 0. The molecule has 0 unspecified atom stereocenters. The van der Waals surface area contributed by atoms with Gasteiger partial charge in [-0.1, -0.05) is 0 Å². The van der Waals surface area contributed by atoms with Crippen LogP contribution in [0.2, 0.25) is 0 Å². The summed E-state index contributed by atoms with van der Waals surface area (Å²) in [5.74, 6) is -0.461. The van der Waals surface area contributed by atoms with E-state index in [1.807, 2.05) is 12.1 Å². The van der Waals surface area contributed by atoms with Gasteiger partial charge in [-0.2, -0.15) is 4.39 Å². The normalized spacial score (nSPS) is 29.0. The maximum Gasteiger partial charge on any atom is 0.202 e. The predicted octanol–water partition coefficient (Wildman–Crippen LogP) is 3.15. The van der Waals surface area contributed by atoms with Gasteiger partial charge >= 0.3 is 0 Å². The number of pyridine rings is 1. The third-order valence-corrected chi connectivity index (χ3v) is 7.56. The van der Waals surface area contributed by atoms with Crippen LogP contribution in [0.4, 0.5) is 26.1 Å². The van der Waals surface area contributed by atoms with Crippen molar-refractivity contribution in [2.24, 2.45) is 5.92 Å². The number of anilines is 3. The van der Waals surface area contributed by atoms with E-state index in [2.05, 4.69) is 25.5 Å². The van der Waals surface area contributed by atoms with E-state index >= 15 is 0 Å². The lowest BCUT2D eigenvalue weighted by Crippen LogP contribution is -2.44. The number of rotatable bonds is 6. The summed E-state index contributed by atoms with van der Waals surface area (Å²) in [6, 6.07) is 7.61. The van der Waals surface area contributed by atoms with E-state index in [1.54, 1.807) is 0 Å². The van der Waals surface area contributed by atoms with Crippen LogP contribution in [0.25, 0.3) is 11.0 Å². The van der Waals surface area contributed by atoms with Gasteiger partial charge in [0.2, 0.25) is 5.82 Å². The second-order valence-corrected chi connectivity index (χ2v) is 9.83. The lowest BCUT2D eigenvalue weighted by atomic mass is 9.75. The summed E-state index contributed by atoms with van der Waals surface area (Å²) in [4.78, 5) is 15.6. The molecule has 0 amide bonds. The number of piperazine rings is 1. The largest absolute Gasteiger partial charge is 0.487 e. The molecule has 8 rings (SSSR count). The van der Waals surface area contributed by atoms with Crippen LogP contribution in [-0.2, 0) is 4.74 Å². The highest BCUT2D eigenvalue weighted by atomic mass is 19.2. The Labute approximate surface area is 194 Å². The van der Waals surface area contributed by atoms with Gasteiger partial charge in [-0.05, 0) is 49.4 Å². The fourth-order valence-electron chi connectivity index (χ4n) is 5.78. The molecular formula is C24H24F2N6O2. The van der Waals surface area contributed by atoms with Crippen LogP contribution in [0.3, 0.4) is 0 Å². The van der Waals surface area contributed by atoms with E-state index in [0.717, 1.165) is 44.8 Å². The first-order valence-corrected chi connectivity index (χ1v) is 11.7. The maximum absolute atomic E-state index is 15.0. The molecule has 3 aromatic rings. The van der Waals surface area contributed by atoms with Gasteiger partial charge < -0.3 is 25.0 Å². The molecule has 2 N–H and O–H groups in total. The molecule has 5 fully saturated rings. The first kappa shape index (κ1) is 20.3. The summed E-state index contributed by atoms with van der Waals surface area (Å²) in [6.45, 7) is 2.78. The molecule has 176 valence electrons.